The van der Waals surface area contributed by atoms with Gasteiger partial charge < -0.3 is 10.2 Å². The van der Waals surface area contributed by atoms with Gasteiger partial charge >= 0.3 is 0 Å². The van der Waals surface area contributed by atoms with Gasteiger partial charge in [-0.05, 0) is 56.5 Å². The minimum absolute atomic E-state index is 0.0598. The van der Waals surface area contributed by atoms with E-state index in [0.717, 1.165) is 13.0 Å². The van der Waals surface area contributed by atoms with E-state index in [4.69, 9.17) is 0 Å². The molecule has 3 rings (SSSR count). The normalized spacial score (nSPS) is 19.6. The van der Waals surface area contributed by atoms with Gasteiger partial charge in [0.15, 0.2) is 6.54 Å². The zero-order chi connectivity index (χ0) is 20.5. The van der Waals surface area contributed by atoms with Gasteiger partial charge in [0.05, 0.1) is 11.4 Å². The maximum absolute atomic E-state index is 12.5. The second kappa shape index (κ2) is 8.32. The van der Waals surface area contributed by atoms with Crippen LogP contribution in [0.1, 0.15) is 37.3 Å². The summed E-state index contributed by atoms with van der Waals surface area (Å²) in [6.45, 7) is 7.16. The Labute approximate surface area is 171 Å². The zero-order valence-corrected chi connectivity index (χ0v) is 18.4. The number of carbonyl (C=O) groups excluding carboxylic acids is 1. The predicted octanol–water partition coefficient (Wildman–Crippen LogP) is 1.92. The molecule has 2 N–H and O–H groups in total. The molecule has 1 unspecified atom stereocenters. The Morgan fingerprint density at radius 1 is 1.29 bits per heavy atom. The molecule has 0 bridgehead atoms. The Bertz CT molecular complexity index is 936. The van der Waals surface area contributed by atoms with Crippen molar-refractivity contribution in [2.75, 3.05) is 25.5 Å². The van der Waals surface area contributed by atoms with E-state index in [1.807, 2.05) is 13.8 Å². The Morgan fingerprint density at radius 2 is 1.96 bits per heavy atom. The monoisotopic (exact) mass is 422 g/mol. The van der Waals surface area contributed by atoms with Crippen LogP contribution in [0, 0.1) is 0 Å². The fraction of sp³-hybridized carbons (Fsp3) is 0.450. The highest BCUT2D eigenvalue weighted by atomic mass is 32.2. The van der Waals surface area contributed by atoms with Gasteiger partial charge in [-0.3, -0.25) is 4.79 Å². The summed E-state index contributed by atoms with van der Waals surface area (Å²) in [5.41, 5.74) is 1.96. The number of hydrogen-bond donors (Lipinski definition) is 2. The number of fused-ring (bicyclic) bond motifs is 1. The van der Waals surface area contributed by atoms with Crippen molar-refractivity contribution in [2.45, 2.75) is 44.2 Å². The molecular formula is C20H28N3O3S2+. The number of nitrogens with one attached hydrogen (secondary N) is 2. The van der Waals surface area contributed by atoms with E-state index < -0.39 is 10.0 Å². The van der Waals surface area contributed by atoms with Crippen LogP contribution in [0.15, 0.2) is 40.6 Å². The lowest BCUT2D eigenvalue weighted by Crippen LogP contribution is -3.14. The molecule has 0 saturated heterocycles. The lowest BCUT2D eigenvalue weighted by atomic mass is 10.0. The van der Waals surface area contributed by atoms with Crippen molar-refractivity contribution in [1.29, 1.82) is 0 Å². The van der Waals surface area contributed by atoms with E-state index >= 15 is 0 Å². The van der Waals surface area contributed by atoms with E-state index in [2.05, 4.69) is 23.7 Å². The largest absolute Gasteiger partial charge is 0.321 e. The minimum Gasteiger partial charge on any atom is -0.321 e. The Kier molecular flexibility index (Phi) is 6.24. The Hall–Kier alpha value is -1.74. The molecule has 1 aliphatic rings. The average molecular weight is 423 g/mol. The number of hydrogen-bond acceptors (Lipinski definition) is 4. The van der Waals surface area contributed by atoms with Gasteiger partial charge in [-0.25, -0.2) is 8.42 Å². The maximum Gasteiger partial charge on any atom is 0.279 e. The number of thiophene rings is 1. The van der Waals surface area contributed by atoms with Crippen LogP contribution in [-0.2, 0) is 21.2 Å². The smallest absolute Gasteiger partial charge is 0.279 e. The Morgan fingerprint density at radius 3 is 2.61 bits per heavy atom. The molecule has 6 nitrogen and oxygen atoms in total. The van der Waals surface area contributed by atoms with Crippen LogP contribution in [0.2, 0.25) is 0 Å². The summed E-state index contributed by atoms with van der Waals surface area (Å²) in [5, 5.41) is 5.01. The molecule has 1 aliphatic heterocycles. The second-order valence-corrected chi connectivity index (χ2v) is 10.5. The van der Waals surface area contributed by atoms with E-state index in [0.29, 0.717) is 18.3 Å². The van der Waals surface area contributed by atoms with Crippen LogP contribution in [0.25, 0.3) is 0 Å². The van der Waals surface area contributed by atoms with Gasteiger partial charge in [0, 0.05) is 35.6 Å². The third kappa shape index (κ3) is 4.30. The lowest BCUT2D eigenvalue weighted by Gasteiger charge is -2.29. The molecular weight excluding hydrogens is 394 g/mol. The van der Waals surface area contributed by atoms with Crippen LogP contribution in [0.5, 0.6) is 0 Å². The first-order valence-electron chi connectivity index (χ1n) is 9.49. The number of amides is 1. The summed E-state index contributed by atoms with van der Waals surface area (Å²) in [5.74, 6) is -0.0598. The molecule has 1 amide bonds. The van der Waals surface area contributed by atoms with Gasteiger partial charge in [0.2, 0.25) is 10.0 Å². The van der Waals surface area contributed by atoms with Crippen molar-refractivity contribution in [2.24, 2.45) is 0 Å². The van der Waals surface area contributed by atoms with Crippen molar-refractivity contribution in [3.63, 3.8) is 0 Å². The molecule has 2 heterocycles. The quantitative estimate of drug-likeness (QED) is 0.747. The van der Waals surface area contributed by atoms with Crippen molar-refractivity contribution in [3.8, 4) is 0 Å². The van der Waals surface area contributed by atoms with E-state index in [9.17, 15) is 13.2 Å². The molecule has 0 spiro atoms. The molecule has 2 atom stereocenters. The fourth-order valence-electron chi connectivity index (χ4n) is 3.46. The summed E-state index contributed by atoms with van der Waals surface area (Å²) < 4.78 is 26.4. The van der Waals surface area contributed by atoms with Crippen LogP contribution >= 0.6 is 11.3 Å². The second-order valence-electron chi connectivity index (χ2n) is 7.54. The fourth-order valence-corrected chi connectivity index (χ4v) is 5.80. The molecule has 28 heavy (non-hydrogen) atoms. The summed E-state index contributed by atoms with van der Waals surface area (Å²) >= 11 is 1.79. The number of anilines is 1. The highest BCUT2D eigenvalue weighted by Gasteiger charge is 2.29. The molecule has 0 saturated carbocycles. The third-order valence-electron chi connectivity index (χ3n) is 5.46. The highest BCUT2D eigenvalue weighted by Crippen LogP contribution is 2.24. The first kappa shape index (κ1) is 21.0. The number of sulfonamides is 1. The van der Waals surface area contributed by atoms with Gasteiger partial charge in [-0.1, -0.05) is 0 Å². The van der Waals surface area contributed by atoms with Gasteiger partial charge in [-0.2, -0.15) is 4.31 Å². The van der Waals surface area contributed by atoms with Crippen LogP contribution < -0.4 is 10.2 Å². The van der Waals surface area contributed by atoms with Crippen molar-refractivity contribution in [1.82, 2.24) is 4.31 Å². The zero-order valence-electron chi connectivity index (χ0n) is 16.7. The summed E-state index contributed by atoms with van der Waals surface area (Å²) in [4.78, 5) is 15.4. The van der Waals surface area contributed by atoms with Crippen molar-refractivity contribution >= 4 is 33.0 Å². The first-order valence-corrected chi connectivity index (χ1v) is 11.8. The molecule has 1 aromatic heterocycles. The van der Waals surface area contributed by atoms with Gasteiger partial charge in [-0.15, -0.1) is 11.3 Å². The molecule has 0 radical (unpaired) electrons. The lowest BCUT2D eigenvalue weighted by molar-refractivity contribution is -0.923. The van der Waals surface area contributed by atoms with E-state index in [1.165, 1.54) is 31.8 Å². The van der Waals surface area contributed by atoms with Crippen LogP contribution in [0.4, 0.5) is 5.69 Å². The Balaban J connectivity index is 1.62. The number of quaternary nitrogens is 1. The van der Waals surface area contributed by atoms with E-state index in [1.54, 1.807) is 30.5 Å². The van der Waals surface area contributed by atoms with Crippen molar-refractivity contribution < 1.29 is 18.1 Å². The third-order valence-corrected chi connectivity index (χ3v) is 8.51. The van der Waals surface area contributed by atoms with Crippen molar-refractivity contribution in [3.05, 3.63) is 46.2 Å². The summed E-state index contributed by atoms with van der Waals surface area (Å²) in [7, 11) is -1.95. The van der Waals surface area contributed by atoms with Crippen LogP contribution in [0.3, 0.4) is 0 Å². The number of rotatable bonds is 6. The first-order chi connectivity index (χ1) is 13.2. The van der Waals surface area contributed by atoms with Crippen LogP contribution in [-0.4, -0.2) is 44.8 Å². The van der Waals surface area contributed by atoms with Gasteiger partial charge in [0.25, 0.3) is 5.91 Å². The standard InChI is InChI=1S/C20H27N3O3S2/c1-14(2)22(4)28(25,26)17-7-5-16(6-8-17)21-20(24)13-23-11-9-19-18(15(23)3)10-12-27-19/h5-8,10,12,14-15H,9,11,13H2,1-4H3,(H,21,24)/p+1/t15-/m0/s1. The average Bonchev–Trinajstić information content (AvgIpc) is 3.13. The molecule has 152 valence electrons. The number of carbonyl (C=O) groups is 1. The number of nitrogens with zero attached hydrogens (tertiary/aromatic N) is 1. The predicted molar refractivity (Wildman–Crippen MR) is 112 cm³/mol. The molecule has 0 fully saturated rings. The minimum atomic E-state index is -3.52. The molecule has 1 aromatic carbocycles. The molecule has 8 heteroatoms. The van der Waals surface area contributed by atoms with E-state index in [-0.39, 0.29) is 16.8 Å². The maximum atomic E-state index is 12.5. The topological polar surface area (TPSA) is 70.9 Å². The summed E-state index contributed by atoms with van der Waals surface area (Å²) in [6, 6.07) is 8.71. The SMILES string of the molecule is CC(C)N(C)S(=O)(=O)c1ccc(NC(=O)C[NH+]2CCc3sccc3[C@@H]2C)cc1. The molecule has 0 aliphatic carbocycles. The van der Waals surface area contributed by atoms with Gasteiger partial charge in [0.1, 0.15) is 6.04 Å². The highest BCUT2D eigenvalue weighted by molar-refractivity contribution is 7.89. The summed E-state index contributed by atoms with van der Waals surface area (Å²) in [6.07, 6.45) is 1.01. The molecule has 2 aromatic rings. The number of benzene rings is 1.